The molecule has 0 saturated carbocycles. The van der Waals surface area contributed by atoms with Gasteiger partial charge in [0, 0.05) is 0 Å². The standard InChI is InChI=1S/C17H18/c1-4-10-16(11-5-1)14-8-3-9-15-17-12-6-2-7-13-17/h1-2,4-7,10-13H,8-9,14-15H2. The number of hydrogen-bond acceptors (Lipinski definition) is 0. The topological polar surface area (TPSA) is 0 Å². The summed E-state index contributed by atoms with van der Waals surface area (Å²) in [6.07, 6.45) is 7.80. The van der Waals surface area contributed by atoms with E-state index in [2.05, 4.69) is 67.1 Å². The average Bonchev–Trinajstić information content (AvgIpc) is 2.41. The van der Waals surface area contributed by atoms with Crippen molar-refractivity contribution in [3.63, 3.8) is 0 Å². The van der Waals surface area contributed by atoms with Gasteiger partial charge in [-0.25, -0.2) is 0 Å². The van der Waals surface area contributed by atoms with Crippen LogP contribution in [0.5, 0.6) is 0 Å². The number of rotatable bonds is 6. The highest BCUT2D eigenvalue weighted by molar-refractivity contribution is 5.16. The lowest BCUT2D eigenvalue weighted by Gasteiger charge is -2.02. The van der Waals surface area contributed by atoms with Crippen LogP contribution in [-0.4, -0.2) is 0 Å². The molecule has 86 valence electrons. The van der Waals surface area contributed by atoms with Crippen molar-refractivity contribution in [3.8, 4) is 0 Å². The van der Waals surface area contributed by atoms with Gasteiger partial charge >= 0.3 is 0 Å². The first-order valence-electron chi connectivity index (χ1n) is 6.24. The lowest BCUT2D eigenvalue weighted by molar-refractivity contribution is 0.828. The Morgan fingerprint density at radius 3 is 1.41 bits per heavy atom. The average molecular weight is 222 g/mol. The molecule has 2 radical (unpaired) electrons. The highest BCUT2D eigenvalue weighted by Gasteiger charge is 1.95. The zero-order chi connectivity index (χ0) is 11.8. The van der Waals surface area contributed by atoms with E-state index in [4.69, 9.17) is 0 Å². The van der Waals surface area contributed by atoms with Gasteiger partial charge in [0.15, 0.2) is 0 Å². The van der Waals surface area contributed by atoms with E-state index in [-0.39, 0.29) is 0 Å². The maximum Gasteiger partial charge on any atom is -0.0167 e. The quantitative estimate of drug-likeness (QED) is 0.638. The molecular formula is C17H18. The summed E-state index contributed by atoms with van der Waals surface area (Å²) in [4.78, 5) is 0. The van der Waals surface area contributed by atoms with Gasteiger partial charge in [-0.15, -0.1) is 0 Å². The summed E-state index contributed by atoms with van der Waals surface area (Å²) in [6.45, 7) is 0. The minimum absolute atomic E-state index is 1.05. The third kappa shape index (κ3) is 4.44. The van der Waals surface area contributed by atoms with Crippen LogP contribution >= 0.6 is 0 Å². The van der Waals surface area contributed by atoms with E-state index < -0.39 is 0 Å². The normalized spacial score (nSPS) is 10.4. The number of aryl methyl sites for hydroxylation is 2. The van der Waals surface area contributed by atoms with Gasteiger partial charge in [0.05, 0.1) is 0 Å². The molecule has 0 aliphatic carbocycles. The molecule has 0 N–H and O–H groups in total. The third-order valence-electron chi connectivity index (χ3n) is 2.87. The van der Waals surface area contributed by atoms with Crippen LogP contribution in [0.2, 0.25) is 0 Å². The molecule has 0 bridgehead atoms. The van der Waals surface area contributed by atoms with Crippen molar-refractivity contribution in [3.05, 3.63) is 78.2 Å². The second kappa shape index (κ2) is 6.90. The largest absolute Gasteiger partial charge is 0.0622 e. The lowest BCUT2D eigenvalue weighted by atomic mass is 10.0. The summed E-state index contributed by atoms with van der Waals surface area (Å²) in [5.41, 5.74) is 2.81. The molecule has 0 amide bonds. The fraction of sp³-hybridized carbons (Fsp3) is 0.235. The summed E-state index contributed by atoms with van der Waals surface area (Å²) in [7, 11) is 0. The molecule has 17 heavy (non-hydrogen) atoms. The van der Waals surface area contributed by atoms with Crippen molar-refractivity contribution in [1.82, 2.24) is 0 Å². The highest BCUT2D eigenvalue weighted by Crippen LogP contribution is 2.08. The maximum absolute atomic E-state index is 3.48. The molecule has 0 aromatic heterocycles. The Hall–Kier alpha value is -1.56. The van der Waals surface area contributed by atoms with Gasteiger partial charge in [-0.2, -0.15) is 0 Å². The molecular weight excluding hydrogens is 204 g/mol. The predicted molar refractivity (Wildman–Crippen MR) is 72.8 cm³/mol. The molecule has 2 rings (SSSR count). The molecule has 0 aliphatic rings. The zero-order valence-corrected chi connectivity index (χ0v) is 10.1. The van der Waals surface area contributed by atoms with Crippen molar-refractivity contribution < 1.29 is 0 Å². The first-order chi connectivity index (χ1) is 8.45. The molecule has 0 atom stereocenters. The fourth-order valence-electron chi connectivity index (χ4n) is 1.88. The molecule has 0 spiro atoms. The fourth-order valence-corrected chi connectivity index (χ4v) is 1.88. The van der Waals surface area contributed by atoms with Gasteiger partial charge < -0.3 is 0 Å². The van der Waals surface area contributed by atoms with Crippen LogP contribution < -0.4 is 0 Å². The molecule has 2 aromatic carbocycles. The van der Waals surface area contributed by atoms with Crippen LogP contribution in [0.4, 0.5) is 0 Å². The number of benzene rings is 2. The van der Waals surface area contributed by atoms with Gasteiger partial charge in [-0.1, -0.05) is 60.7 Å². The third-order valence-corrected chi connectivity index (χ3v) is 2.87. The molecule has 2 aromatic rings. The van der Waals surface area contributed by atoms with Crippen LogP contribution in [0.15, 0.2) is 60.7 Å². The van der Waals surface area contributed by atoms with Gasteiger partial charge in [0.1, 0.15) is 0 Å². The minimum Gasteiger partial charge on any atom is -0.0622 e. The summed E-state index contributed by atoms with van der Waals surface area (Å²) in [5.74, 6) is 0. The Morgan fingerprint density at radius 1 is 0.588 bits per heavy atom. The molecule has 0 heterocycles. The second-order valence-corrected chi connectivity index (χ2v) is 4.22. The van der Waals surface area contributed by atoms with E-state index in [9.17, 15) is 0 Å². The Bertz CT molecular complexity index is 361. The van der Waals surface area contributed by atoms with E-state index >= 15 is 0 Å². The molecule has 0 heteroatoms. The number of unbranched alkanes of at least 4 members (excludes halogenated alkanes) is 2. The van der Waals surface area contributed by atoms with Crippen molar-refractivity contribution in [2.45, 2.75) is 25.7 Å². The van der Waals surface area contributed by atoms with Crippen molar-refractivity contribution in [2.24, 2.45) is 0 Å². The monoisotopic (exact) mass is 222 g/mol. The van der Waals surface area contributed by atoms with Crippen LogP contribution in [-0.2, 0) is 12.8 Å². The van der Waals surface area contributed by atoms with Crippen LogP contribution in [0.1, 0.15) is 24.0 Å². The van der Waals surface area contributed by atoms with Crippen molar-refractivity contribution in [2.75, 3.05) is 0 Å². The number of hydrogen-bond donors (Lipinski definition) is 0. The van der Waals surface area contributed by atoms with Crippen LogP contribution in [0.3, 0.4) is 0 Å². The summed E-state index contributed by atoms with van der Waals surface area (Å²) in [6, 6.07) is 21.2. The van der Waals surface area contributed by atoms with Crippen LogP contribution in [0.25, 0.3) is 0 Å². The van der Waals surface area contributed by atoms with Crippen molar-refractivity contribution in [1.29, 1.82) is 0 Å². The van der Waals surface area contributed by atoms with Crippen molar-refractivity contribution >= 4 is 0 Å². The Labute approximate surface area is 104 Å². The lowest BCUT2D eigenvalue weighted by Crippen LogP contribution is -1.89. The van der Waals surface area contributed by atoms with Crippen LogP contribution in [0, 0.1) is 6.42 Å². The van der Waals surface area contributed by atoms with Gasteiger partial charge in [0.2, 0.25) is 0 Å². The van der Waals surface area contributed by atoms with Gasteiger partial charge in [-0.3, -0.25) is 0 Å². The molecule has 0 aliphatic heterocycles. The van der Waals surface area contributed by atoms with Gasteiger partial charge in [-0.05, 0) is 43.2 Å². The Morgan fingerprint density at radius 2 is 1.00 bits per heavy atom. The highest BCUT2D eigenvalue weighted by atomic mass is 14.0. The van der Waals surface area contributed by atoms with Gasteiger partial charge in [0.25, 0.3) is 0 Å². The Balaban J connectivity index is 1.61. The Kier molecular flexibility index (Phi) is 4.84. The van der Waals surface area contributed by atoms with E-state index in [1.165, 1.54) is 11.1 Å². The predicted octanol–water partition coefficient (Wildman–Crippen LogP) is 4.33. The molecule has 0 nitrogen and oxygen atoms in total. The molecule has 0 unspecified atom stereocenters. The SMILES string of the molecule is [C](CCc1ccccc1)CCc1ccccc1. The van der Waals surface area contributed by atoms with E-state index in [1.807, 2.05) is 0 Å². The summed E-state index contributed by atoms with van der Waals surface area (Å²) < 4.78 is 0. The summed E-state index contributed by atoms with van der Waals surface area (Å²) in [5, 5.41) is 0. The minimum atomic E-state index is 1.05. The van der Waals surface area contributed by atoms with E-state index in [1.54, 1.807) is 0 Å². The maximum atomic E-state index is 3.48. The van der Waals surface area contributed by atoms with E-state index in [0.29, 0.717) is 0 Å². The first-order valence-corrected chi connectivity index (χ1v) is 6.24. The molecule has 0 saturated heterocycles. The molecule has 0 fully saturated rings. The summed E-state index contributed by atoms with van der Waals surface area (Å²) >= 11 is 0. The zero-order valence-electron chi connectivity index (χ0n) is 10.1. The smallest absolute Gasteiger partial charge is 0.0167 e. The second-order valence-electron chi connectivity index (χ2n) is 4.22. The first kappa shape index (κ1) is 11.9. The van der Waals surface area contributed by atoms with E-state index in [0.717, 1.165) is 25.7 Å².